The molecule has 0 saturated heterocycles. The Labute approximate surface area is 59.6 Å². The first-order chi connectivity index (χ1) is 1.00. The SMILES string of the molecule is O=S.[Al].[Sc]. The van der Waals surface area contributed by atoms with Crippen molar-refractivity contribution in [3.8, 4) is 0 Å². The molecule has 0 fully saturated rings. The monoisotopic (exact) mass is 120 g/mol. The molecule has 4 heteroatoms. The molecule has 0 heterocycles. The van der Waals surface area contributed by atoms with Crippen LogP contribution in [0.5, 0.6) is 0 Å². The van der Waals surface area contributed by atoms with Gasteiger partial charge >= 0.3 is 0 Å². The van der Waals surface area contributed by atoms with Gasteiger partial charge in [-0.25, -0.2) is 0 Å². The quantitative estimate of drug-likeness (QED) is 0.392. The molecule has 18 valence electrons. The fourth-order valence-corrected chi connectivity index (χ4v) is 0. The number of hydrogen-bond donors (Lipinski definition) is 0. The van der Waals surface area contributed by atoms with Crippen LogP contribution in [-0.4, -0.2) is 21.6 Å². The molecule has 0 saturated carbocycles. The fourth-order valence-electron chi connectivity index (χ4n) is 0. The maximum absolute atomic E-state index is 7.83. The molecular formula is AlOSSc. The van der Waals surface area contributed by atoms with Crippen molar-refractivity contribution in [3.63, 3.8) is 0 Å². The Morgan fingerprint density at radius 1 is 1.25 bits per heavy atom. The van der Waals surface area contributed by atoms with E-state index in [0.29, 0.717) is 0 Å². The van der Waals surface area contributed by atoms with Crippen molar-refractivity contribution in [2.75, 3.05) is 0 Å². The molecule has 0 aromatic rings. The van der Waals surface area contributed by atoms with Crippen molar-refractivity contribution in [2.45, 2.75) is 0 Å². The third-order valence-corrected chi connectivity index (χ3v) is 0. The van der Waals surface area contributed by atoms with Crippen LogP contribution in [-0.2, 0) is 38.4 Å². The average molecular weight is 120 g/mol. The van der Waals surface area contributed by atoms with Gasteiger partial charge in [-0.1, -0.05) is 0 Å². The molecule has 0 aliphatic carbocycles. The molecule has 0 amide bonds. The van der Waals surface area contributed by atoms with Crippen LogP contribution in [0.3, 0.4) is 0 Å². The predicted molar refractivity (Wildman–Crippen MR) is 13.9 cm³/mol. The van der Waals surface area contributed by atoms with E-state index in [-0.39, 0.29) is 43.2 Å². The number of hydrogen-bond acceptors (Lipinski definition) is 2. The zero-order valence-electron chi connectivity index (χ0n) is 1.97. The minimum absolute atomic E-state index is 0. The molecule has 0 bridgehead atoms. The summed E-state index contributed by atoms with van der Waals surface area (Å²) in [5.74, 6) is 0. The van der Waals surface area contributed by atoms with Crippen molar-refractivity contribution in [3.05, 3.63) is 0 Å². The third-order valence-electron chi connectivity index (χ3n) is 0. The van der Waals surface area contributed by atoms with E-state index in [2.05, 4.69) is 12.5 Å². The van der Waals surface area contributed by atoms with Crippen molar-refractivity contribution in [2.24, 2.45) is 0 Å². The molecule has 0 aliphatic rings. The van der Waals surface area contributed by atoms with Gasteiger partial charge in [0.2, 0.25) is 0 Å². The van der Waals surface area contributed by atoms with Gasteiger partial charge in [0, 0.05) is 43.2 Å². The van der Waals surface area contributed by atoms with Gasteiger partial charge in [-0.2, -0.15) is 4.21 Å². The summed E-state index contributed by atoms with van der Waals surface area (Å²) in [6.07, 6.45) is 0. The van der Waals surface area contributed by atoms with Gasteiger partial charge in [0.1, 0.15) is 0 Å². The third kappa shape index (κ3) is 9.93. The summed E-state index contributed by atoms with van der Waals surface area (Å²) < 4.78 is 7.83. The Balaban J connectivity index is -0.00000000500. The van der Waals surface area contributed by atoms with E-state index in [1.54, 1.807) is 0 Å². The van der Waals surface area contributed by atoms with Crippen LogP contribution in [0.25, 0.3) is 0 Å². The summed E-state index contributed by atoms with van der Waals surface area (Å²) in [5.41, 5.74) is 0. The fraction of sp³-hybridized carbons (Fsp3) is 0. The largest absolute Gasteiger partial charge is 0.197 e. The Morgan fingerprint density at radius 3 is 1.25 bits per heavy atom. The minimum atomic E-state index is 0. The Bertz CT molecular complexity index is 8.00. The number of rotatable bonds is 0. The van der Waals surface area contributed by atoms with Gasteiger partial charge in [0.25, 0.3) is 0 Å². The van der Waals surface area contributed by atoms with Crippen LogP contribution >= 0.6 is 0 Å². The van der Waals surface area contributed by atoms with E-state index >= 15 is 0 Å². The molecule has 0 unspecified atom stereocenters. The normalized spacial score (nSPS) is 1.00. The minimum Gasteiger partial charge on any atom is -0.197 e. The zero-order chi connectivity index (χ0) is 2.00. The summed E-state index contributed by atoms with van der Waals surface area (Å²) >= 11 is 2.83. The van der Waals surface area contributed by atoms with Gasteiger partial charge in [0.05, 0.1) is 0 Å². The summed E-state index contributed by atoms with van der Waals surface area (Å²) in [4.78, 5) is 0. The van der Waals surface area contributed by atoms with Crippen molar-refractivity contribution in [1.82, 2.24) is 0 Å². The summed E-state index contributed by atoms with van der Waals surface area (Å²) in [5, 5.41) is 0. The van der Waals surface area contributed by atoms with E-state index in [1.165, 1.54) is 0 Å². The van der Waals surface area contributed by atoms with Crippen LogP contribution in [0.15, 0.2) is 0 Å². The van der Waals surface area contributed by atoms with Crippen LogP contribution in [0.4, 0.5) is 0 Å². The Kier molecular flexibility index (Phi) is 116. The Hall–Kier alpha value is 1.42. The Morgan fingerprint density at radius 2 is 1.25 bits per heavy atom. The molecule has 0 aromatic heterocycles. The summed E-state index contributed by atoms with van der Waals surface area (Å²) in [6, 6.07) is 0. The predicted octanol–water partition coefficient (Wildman–Crippen LogP) is -0.720. The van der Waals surface area contributed by atoms with Gasteiger partial charge in [-0.3, -0.25) is 0 Å². The van der Waals surface area contributed by atoms with E-state index in [9.17, 15) is 0 Å². The molecule has 0 rings (SSSR count). The first-order valence-corrected chi connectivity index (χ1v) is 0.500. The van der Waals surface area contributed by atoms with Crippen molar-refractivity contribution in [1.29, 1.82) is 0 Å². The maximum Gasteiger partial charge on any atom is 0.197 e. The summed E-state index contributed by atoms with van der Waals surface area (Å²) in [6.45, 7) is 0. The average Bonchev–Trinajstić information content (AvgIpc) is 1.00. The van der Waals surface area contributed by atoms with Gasteiger partial charge in [-0.05, 0) is 0 Å². The van der Waals surface area contributed by atoms with Crippen LogP contribution in [0.2, 0.25) is 0 Å². The summed E-state index contributed by atoms with van der Waals surface area (Å²) in [7, 11) is 0. The smallest absolute Gasteiger partial charge is 0.197 e. The molecule has 1 nitrogen and oxygen atoms in total. The van der Waals surface area contributed by atoms with Crippen molar-refractivity contribution >= 4 is 29.9 Å². The van der Waals surface area contributed by atoms with Gasteiger partial charge < -0.3 is 0 Å². The maximum atomic E-state index is 7.83. The van der Waals surface area contributed by atoms with E-state index in [4.69, 9.17) is 4.21 Å². The molecule has 4 radical (unpaired) electrons. The van der Waals surface area contributed by atoms with E-state index < -0.39 is 0 Å². The van der Waals surface area contributed by atoms with Crippen LogP contribution in [0.1, 0.15) is 0 Å². The molecule has 0 aliphatic heterocycles. The van der Waals surface area contributed by atoms with Crippen LogP contribution in [0, 0.1) is 0 Å². The van der Waals surface area contributed by atoms with Gasteiger partial charge in [0.15, 0.2) is 12.5 Å². The molecule has 4 heavy (non-hydrogen) atoms. The van der Waals surface area contributed by atoms with E-state index in [1.807, 2.05) is 0 Å². The van der Waals surface area contributed by atoms with E-state index in [0.717, 1.165) is 0 Å². The second kappa shape index (κ2) is 25.6. The molecule has 0 N–H and O–H groups in total. The molecule has 0 atom stereocenters. The first kappa shape index (κ1) is 18.1. The van der Waals surface area contributed by atoms with Gasteiger partial charge in [-0.15, -0.1) is 0 Å². The second-order valence-corrected chi connectivity index (χ2v) is 0. The molecule has 0 spiro atoms. The topological polar surface area (TPSA) is 17.1 Å². The first-order valence-electron chi connectivity index (χ1n) is 0.167. The standard InChI is InChI=1S/Al.OS.Sc/c;1-2;. The molecule has 0 aromatic carbocycles. The molecular weight excluding hydrogens is 120 g/mol. The van der Waals surface area contributed by atoms with Crippen LogP contribution < -0.4 is 0 Å². The zero-order valence-corrected chi connectivity index (χ0v) is 5.75. The second-order valence-electron chi connectivity index (χ2n) is 0. The van der Waals surface area contributed by atoms with Crippen molar-refractivity contribution < 1.29 is 30.1 Å².